The van der Waals surface area contributed by atoms with Gasteiger partial charge >= 0.3 is 0 Å². The van der Waals surface area contributed by atoms with Crippen LogP contribution in [0.5, 0.6) is 0 Å². The van der Waals surface area contributed by atoms with Gasteiger partial charge in [-0.25, -0.2) is 4.98 Å². The van der Waals surface area contributed by atoms with E-state index in [0.717, 1.165) is 54.7 Å². The van der Waals surface area contributed by atoms with Crippen molar-refractivity contribution in [3.8, 4) is 11.4 Å². The van der Waals surface area contributed by atoms with Gasteiger partial charge in [0.2, 0.25) is 0 Å². The number of fused-ring (bicyclic) bond motifs is 1. The molecule has 3 heterocycles. The number of hydrogen-bond acceptors (Lipinski definition) is 5. The molecule has 7 heteroatoms. The molecule has 0 aliphatic carbocycles. The lowest BCUT2D eigenvalue weighted by Gasteiger charge is -2.38. The Bertz CT molecular complexity index is 1210. The summed E-state index contributed by atoms with van der Waals surface area (Å²) < 4.78 is 1.93. The number of halogens is 1. The van der Waals surface area contributed by atoms with Crippen LogP contribution in [0.2, 0.25) is 5.02 Å². The third kappa shape index (κ3) is 3.72. The number of anilines is 2. The fourth-order valence-electron chi connectivity index (χ4n) is 4.32. The van der Waals surface area contributed by atoms with E-state index in [0.29, 0.717) is 11.6 Å². The van der Waals surface area contributed by atoms with Crippen molar-refractivity contribution in [1.29, 1.82) is 0 Å². The van der Waals surface area contributed by atoms with Crippen molar-refractivity contribution < 1.29 is 0 Å². The Hall–Kier alpha value is -3.12. The van der Waals surface area contributed by atoms with E-state index in [4.69, 9.17) is 26.7 Å². The smallest absolute Gasteiger partial charge is 0.254 e. The number of aryl methyl sites for hydroxylation is 1. The average Bonchev–Trinajstić information content (AvgIpc) is 3.22. The van der Waals surface area contributed by atoms with Crippen molar-refractivity contribution in [3.05, 3.63) is 70.9 Å². The SMILES string of the molecule is CCc1c(C)nc2nc(-c3ccccc3)nn2c1N1CCN(c2cccc(Cl)c2)CC1. The van der Waals surface area contributed by atoms with E-state index >= 15 is 0 Å². The summed E-state index contributed by atoms with van der Waals surface area (Å²) in [7, 11) is 0. The van der Waals surface area contributed by atoms with Gasteiger partial charge in [0.1, 0.15) is 5.82 Å². The predicted molar refractivity (Wildman–Crippen MR) is 126 cm³/mol. The van der Waals surface area contributed by atoms with Crippen LogP contribution in [0.1, 0.15) is 18.2 Å². The second-order valence-electron chi connectivity index (χ2n) is 7.82. The molecule has 5 rings (SSSR count). The summed E-state index contributed by atoms with van der Waals surface area (Å²) in [5, 5.41) is 5.64. The molecule has 0 bridgehead atoms. The Labute approximate surface area is 187 Å². The molecular formula is C24H25ClN6. The van der Waals surface area contributed by atoms with Gasteiger partial charge in [-0.15, -0.1) is 5.10 Å². The predicted octanol–water partition coefficient (Wildman–Crippen LogP) is 4.64. The molecule has 0 atom stereocenters. The third-order valence-electron chi connectivity index (χ3n) is 5.90. The summed E-state index contributed by atoms with van der Waals surface area (Å²) in [6.45, 7) is 7.90. The van der Waals surface area contributed by atoms with Gasteiger partial charge in [-0.2, -0.15) is 9.50 Å². The minimum Gasteiger partial charge on any atom is -0.368 e. The monoisotopic (exact) mass is 432 g/mol. The molecule has 0 saturated carbocycles. The first-order valence-electron chi connectivity index (χ1n) is 10.7. The standard InChI is InChI=1S/C24H25ClN6/c1-3-21-17(2)26-24-27-22(18-8-5-4-6-9-18)28-31(24)23(21)30-14-12-29(13-15-30)20-11-7-10-19(25)16-20/h4-11,16H,3,12-15H2,1-2H3. The molecule has 4 aromatic rings. The van der Waals surface area contributed by atoms with Crippen LogP contribution in [0.15, 0.2) is 54.6 Å². The van der Waals surface area contributed by atoms with Gasteiger partial charge in [0, 0.05) is 53.7 Å². The molecule has 1 saturated heterocycles. The Morgan fingerprint density at radius 3 is 2.35 bits per heavy atom. The van der Waals surface area contributed by atoms with Crippen LogP contribution < -0.4 is 9.80 Å². The maximum atomic E-state index is 6.20. The van der Waals surface area contributed by atoms with Crippen molar-refractivity contribution in [2.45, 2.75) is 20.3 Å². The van der Waals surface area contributed by atoms with Crippen LogP contribution in [0.3, 0.4) is 0 Å². The fourth-order valence-corrected chi connectivity index (χ4v) is 4.51. The van der Waals surface area contributed by atoms with Crippen LogP contribution in [0.25, 0.3) is 17.2 Å². The van der Waals surface area contributed by atoms with Crippen molar-refractivity contribution in [2.24, 2.45) is 0 Å². The highest BCUT2D eigenvalue weighted by Crippen LogP contribution is 2.28. The number of benzene rings is 2. The first-order chi connectivity index (χ1) is 15.1. The summed E-state index contributed by atoms with van der Waals surface area (Å²) in [5.74, 6) is 2.48. The van der Waals surface area contributed by atoms with E-state index in [1.54, 1.807) is 0 Å². The summed E-state index contributed by atoms with van der Waals surface area (Å²) >= 11 is 6.20. The van der Waals surface area contributed by atoms with Crippen molar-refractivity contribution >= 4 is 28.9 Å². The summed E-state index contributed by atoms with van der Waals surface area (Å²) in [6, 6.07) is 18.2. The number of nitrogens with zero attached hydrogens (tertiary/aromatic N) is 6. The van der Waals surface area contributed by atoms with Gasteiger partial charge in [0.05, 0.1) is 0 Å². The van der Waals surface area contributed by atoms with E-state index in [2.05, 4.69) is 29.7 Å². The first kappa shape index (κ1) is 19.8. The molecule has 6 nitrogen and oxygen atoms in total. The van der Waals surface area contributed by atoms with E-state index in [-0.39, 0.29) is 0 Å². The molecule has 2 aromatic carbocycles. The molecule has 0 unspecified atom stereocenters. The van der Waals surface area contributed by atoms with Crippen molar-refractivity contribution in [2.75, 3.05) is 36.0 Å². The van der Waals surface area contributed by atoms with Crippen LogP contribution in [-0.4, -0.2) is 45.8 Å². The largest absolute Gasteiger partial charge is 0.368 e. The van der Waals surface area contributed by atoms with Gasteiger partial charge in [-0.1, -0.05) is 54.9 Å². The van der Waals surface area contributed by atoms with E-state index in [9.17, 15) is 0 Å². The molecule has 0 amide bonds. The van der Waals surface area contributed by atoms with Gasteiger partial charge < -0.3 is 9.80 Å². The summed E-state index contributed by atoms with van der Waals surface area (Å²) in [4.78, 5) is 14.3. The highest BCUT2D eigenvalue weighted by molar-refractivity contribution is 6.30. The van der Waals surface area contributed by atoms with E-state index in [1.807, 2.05) is 53.0 Å². The fraction of sp³-hybridized carbons (Fsp3) is 0.292. The lowest BCUT2D eigenvalue weighted by atomic mass is 10.1. The molecule has 0 spiro atoms. The van der Waals surface area contributed by atoms with Crippen LogP contribution in [-0.2, 0) is 6.42 Å². The second-order valence-corrected chi connectivity index (χ2v) is 8.26. The number of aromatic nitrogens is 4. The molecule has 1 aliphatic heterocycles. The maximum absolute atomic E-state index is 6.20. The molecule has 0 radical (unpaired) electrons. The topological polar surface area (TPSA) is 49.6 Å². The zero-order valence-corrected chi connectivity index (χ0v) is 18.5. The molecule has 1 fully saturated rings. The maximum Gasteiger partial charge on any atom is 0.254 e. The van der Waals surface area contributed by atoms with Crippen LogP contribution in [0, 0.1) is 6.92 Å². The van der Waals surface area contributed by atoms with Crippen LogP contribution >= 0.6 is 11.6 Å². The van der Waals surface area contributed by atoms with Gasteiger partial charge in [0.25, 0.3) is 5.78 Å². The van der Waals surface area contributed by atoms with Gasteiger partial charge in [-0.05, 0) is 31.5 Å². The molecule has 2 aromatic heterocycles. The highest BCUT2D eigenvalue weighted by Gasteiger charge is 2.24. The third-order valence-corrected chi connectivity index (χ3v) is 6.14. The average molecular weight is 433 g/mol. The van der Waals surface area contributed by atoms with Gasteiger partial charge in [-0.3, -0.25) is 0 Å². The Morgan fingerprint density at radius 2 is 1.65 bits per heavy atom. The number of rotatable bonds is 4. The summed E-state index contributed by atoms with van der Waals surface area (Å²) in [6.07, 6.45) is 0.902. The highest BCUT2D eigenvalue weighted by atomic mass is 35.5. The number of piperazine rings is 1. The zero-order valence-electron chi connectivity index (χ0n) is 17.8. The Kier molecular flexibility index (Phi) is 5.24. The van der Waals surface area contributed by atoms with Crippen molar-refractivity contribution in [3.63, 3.8) is 0 Å². The second kappa shape index (κ2) is 8.19. The summed E-state index contributed by atoms with van der Waals surface area (Å²) in [5.41, 5.74) is 4.42. The minimum atomic E-state index is 0.654. The molecule has 0 N–H and O–H groups in total. The zero-order chi connectivity index (χ0) is 21.4. The van der Waals surface area contributed by atoms with Crippen molar-refractivity contribution in [1.82, 2.24) is 19.6 Å². The normalized spacial score (nSPS) is 14.4. The first-order valence-corrected chi connectivity index (χ1v) is 11.1. The molecule has 158 valence electrons. The Morgan fingerprint density at radius 1 is 0.903 bits per heavy atom. The molecule has 31 heavy (non-hydrogen) atoms. The lowest BCUT2D eigenvalue weighted by Crippen LogP contribution is -2.47. The van der Waals surface area contributed by atoms with E-state index in [1.165, 1.54) is 11.3 Å². The quantitative estimate of drug-likeness (QED) is 0.470. The lowest BCUT2D eigenvalue weighted by molar-refractivity contribution is 0.634. The Balaban J connectivity index is 1.51. The molecule has 1 aliphatic rings. The van der Waals surface area contributed by atoms with Gasteiger partial charge in [0.15, 0.2) is 5.82 Å². The minimum absolute atomic E-state index is 0.654. The number of hydrogen-bond donors (Lipinski definition) is 0. The van der Waals surface area contributed by atoms with Crippen LogP contribution in [0.4, 0.5) is 11.5 Å². The molecular weight excluding hydrogens is 408 g/mol. The van der Waals surface area contributed by atoms with E-state index < -0.39 is 0 Å².